The number of benzene rings is 1. The Labute approximate surface area is 102 Å². The van der Waals surface area contributed by atoms with Crippen LogP contribution in [0.5, 0.6) is 0 Å². The Hall–Kier alpha value is -2.28. The van der Waals surface area contributed by atoms with Crippen LogP contribution in [0.15, 0.2) is 30.5 Å². The molecule has 2 aromatic rings. The summed E-state index contributed by atoms with van der Waals surface area (Å²) in [7, 11) is 0. The van der Waals surface area contributed by atoms with Crippen molar-refractivity contribution in [1.29, 1.82) is 0 Å². The zero-order valence-electron chi connectivity index (χ0n) is 9.32. The first-order valence-electron chi connectivity index (χ1n) is 5.16. The van der Waals surface area contributed by atoms with Crippen molar-refractivity contribution >= 4 is 11.8 Å². The topological polar surface area (TPSA) is 75.9 Å². The molecule has 0 aliphatic carbocycles. The van der Waals surface area contributed by atoms with E-state index in [4.69, 9.17) is 5.84 Å². The van der Waals surface area contributed by atoms with E-state index in [-0.39, 0.29) is 5.95 Å². The fraction of sp³-hybridized carbons (Fsp3) is 0.0909. The van der Waals surface area contributed by atoms with Crippen LogP contribution in [0.4, 0.5) is 20.5 Å². The van der Waals surface area contributed by atoms with E-state index in [2.05, 4.69) is 20.7 Å². The lowest BCUT2D eigenvalue weighted by Gasteiger charge is -2.07. The summed E-state index contributed by atoms with van der Waals surface area (Å²) in [5.74, 6) is 4.23. The van der Waals surface area contributed by atoms with Gasteiger partial charge in [-0.2, -0.15) is 4.98 Å². The molecule has 2 rings (SSSR count). The summed E-state index contributed by atoms with van der Waals surface area (Å²) in [4.78, 5) is 7.86. The summed E-state index contributed by atoms with van der Waals surface area (Å²) < 4.78 is 25.7. The molecule has 0 bridgehead atoms. The maximum absolute atomic E-state index is 13.0. The number of aromatic nitrogens is 2. The second-order valence-corrected chi connectivity index (χ2v) is 3.51. The normalized spacial score (nSPS) is 10.2. The molecular weight excluding hydrogens is 240 g/mol. The van der Waals surface area contributed by atoms with Gasteiger partial charge in [0.05, 0.1) is 0 Å². The van der Waals surface area contributed by atoms with Crippen molar-refractivity contribution in [3.8, 4) is 0 Å². The van der Waals surface area contributed by atoms with Gasteiger partial charge in [-0.15, -0.1) is 0 Å². The standard InChI is InChI=1S/C11H11F2N5/c12-8-2-1-7(5-9(8)13)6-16-10-3-4-15-11(17-10)18-14/h1-5H,6,14H2,(H2,15,16,17,18). The molecule has 0 aliphatic rings. The van der Waals surface area contributed by atoms with E-state index in [1.807, 2.05) is 0 Å². The van der Waals surface area contributed by atoms with E-state index in [1.54, 1.807) is 6.07 Å². The molecule has 5 nitrogen and oxygen atoms in total. The van der Waals surface area contributed by atoms with Crippen LogP contribution in [0.1, 0.15) is 5.56 Å². The number of anilines is 2. The van der Waals surface area contributed by atoms with Crippen molar-refractivity contribution in [2.75, 3.05) is 10.7 Å². The van der Waals surface area contributed by atoms with Crippen molar-refractivity contribution in [3.63, 3.8) is 0 Å². The molecule has 0 saturated carbocycles. The Balaban J connectivity index is 2.04. The summed E-state index contributed by atoms with van der Waals surface area (Å²) in [6.07, 6.45) is 1.52. The third kappa shape index (κ3) is 2.89. The monoisotopic (exact) mass is 251 g/mol. The van der Waals surface area contributed by atoms with Gasteiger partial charge in [0, 0.05) is 12.7 Å². The molecule has 0 spiro atoms. The lowest BCUT2D eigenvalue weighted by molar-refractivity contribution is 0.507. The van der Waals surface area contributed by atoms with Gasteiger partial charge in [-0.1, -0.05) is 6.07 Å². The van der Waals surface area contributed by atoms with Crippen LogP contribution in [0.2, 0.25) is 0 Å². The average Bonchev–Trinajstić information content (AvgIpc) is 2.40. The lowest BCUT2D eigenvalue weighted by Crippen LogP contribution is -2.11. The first kappa shape index (κ1) is 12.2. The van der Waals surface area contributed by atoms with Gasteiger partial charge in [0.1, 0.15) is 5.82 Å². The van der Waals surface area contributed by atoms with Crippen molar-refractivity contribution in [1.82, 2.24) is 9.97 Å². The Morgan fingerprint density at radius 2 is 2.00 bits per heavy atom. The van der Waals surface area contributed by atoms with Crippen LogP contribution in [-0.2, 0) is 6.54 Å². The van der Waals surface area contributed by atoms with E-state index in [9.17, 15) is 8.78 Å². The van der Waals surface area contributed by atoms with Crippen molar-refractivity contribution in [2.45, 2.75) is 6.54 Å². The van der Waals surface area contributed by atoms with Gasteiger partial charge in [-0.25, -0.2) is 19.6 Å². The molecule has 1 aromatic heterocycles. The van der Waals surface area contributed by atoms with Crippen LogP contribution >= 0.6 is 0 Å². The minimum Gasteiger partial charge on any atom is -0.366 e. The molecule has 0 fully saturated rings. The van der Waals surface area contributed by atoms with E-state index >= 15 is 0 Å². The predicted octanol–water partition coefficient (Wildman–Crippen LogP) is 1.65. The van der Waals surface area contributed by atoms with Gasteiger partial charge in [0.15, 0.2) is 11.6 Å². The first-order valence-corrected chi connectivity index (χ1v) is 5.16. The Bertz CT molecular complexity index is 547. The third-order valence-corrected chi connectivity index (χ3v) is 2.24. The number of hydrogen-bond donors (Lipinski definition) is 3. The molecule has 0 amide bonds. The van der Waals surface area contributed by atoms with Crippen LogP contribution in [0, 0.1) is 11.6 Å². The zero-order valence-corrected chi connectivity index (χ0v) is 9.32. The highest BCUT2D eigenvalue weighted by atomic mass is 19.2. The largest absolute Gasteiger partial charge is 0.366 e. The van der Waals surface area contributed by atoms with E-state index < -0.39 is 11.6 Å². The third-order valence-electron chi connectivity index (χ3n) is 2.24. The molecule has 0 aliphatic heterocycles. The van der Waals surface area contributed by atoms with E-state index in [1.165, 1.54) is 12.3 Å². The summed E-state index contributed by atoms with van der Waals surface area (Å²) in [6.45, 7) is 0.318. The highest BCUT2D eigenvalue weighted by molar-refractivity contribution is 5.39. The van der Waals surface area contributed by atoms with E-state index in [0.717, 1.165) is 12.1 Å². The maximum atomic E-state index is 13.0. The van der Waals surface area contributed by atoms with Gasteiger partial charge in [-0.3, -0.25) is 5.43 Å². The number of hydrogen-bond acceptors (Lipinski definition) is 5. The molecule has 94 valence electrons. The molecular formula is C11H11F2N5. The highest BCUT2D eigenvalue weighted by Gasteiger charge is 2.03. The predicted molar refractivity (Wildman–Crippen MR) is 63.5 cm³/mol. The van der Waals surface area contributed by atoms with Crippen LogP contribution in [0.3, 0.4) is 0 Å². The molecule has 1 heterocycles. The Morgan fingerprint density at radius 3 is 2.72 bits per heavy atom. The molecule has 0 unspecified atom stereocenters. The summed E-state index contributed by atoms with van der Waals surface area (Å²) in [6, 6.07) is 5.35. The van der Waals surface area contributed by atoms with Crippen molar-refractivity contribution in [3.05, 3.63) is 47.7 Å². The van der Waals surface area contributed by atoms with Gasteiger partial charge in [-0.05, 0) is 23.8 Å². The molecule has 1 aromatic carbocycles. The second-order valence-electron chi connectivity index (χ2n) is 3.51. The molecule has 0 saturated heterocycles. The number of nitrogens with zero attached hydrogens (tertiary/aromatic N) is 2. The lowest BCUT2D eigenvalue weighted by atomic mass is 10.2. The quantitative estimate of drug-likeness (QED) is 0.569. The minimum atomic E-state index is -0.874. The van der Waals surface area contributed by atoms with Crippen LogP contribution < -0.4 is 16.6 Å². The number of nitrogens with one attached hydrogen (secondary N) is 2. The van der Waals surface area contributed by atoms with Gasteiger partial charge in [0.25, 0.3) is 0 Å². The maximum Gasteiger partial charge on any atom is 0.239 e. The zero-order chi connectivity index (χ0) is 13.0. The van der Waals surface area contributed by atoms with Gasteiger partial charge < -0.3 is 5.32 Å². The molecule has 0 radical (unpaired) electrons. The SMILES string of the molecule is NNc1nccc(NCc2ccc(F)c(F)c2)n1. The fourth-order valence-electron chi connectivity index (χ4n) is 1.37. The minimum absolute atomic E-state index is 0.269. The van der Waals surface area contributed by atoms with Gasteiger partial charge >= 0.3 is 0 Å². The number of hydrazine groups is 1. The first-order chi connectivity index (χ1) is 8.69. The smallest absolute Gasteiger partial charge is 0.239 e. The number of halogens is 2. The van der Waals surface area contributed by atoms with Crippen molar-refractivity contribution < 1.29 is 8.78 Å². The summed E-state index contributed by atoms with van der Waals surface area (Å²) >= 11 is 0. The number of nitrogens with two attached hydrogens (primary N) is 1. The molecule has 0 atom stereocenters. The number of rotatable bonds is 4. The highest BCUT2D eigenvalue weighted by Crippen LogP contribution is 2.11. The number of nitrogen functional groups attached to an aromatic ring is 1. The van der Waals surface area contributed by atoms with Crippen LogP contribution in [-0.4, -0.2) is 9.97 Å². The van der Waals surface area contributed by atoms with Gasteiger partial charge in [0.2, 0.25) is 5.95 Å². The fourth-order valence-corrected chi connectivity index (χ4v) is 1.37. The van der Waals surface area contributed by atoms with E-state index in [0.29, 0.717) is 17.9 Å². The second kappa shape index (κ2) is 5.37. The Morgan fingerprint density at radius 1 is 1.17 bits per heavy atom. The average molecular weight is 251 g/mol. The van der Waals surface area contributed by atoms with Crippen molar-refractivity contribution in [2.24, 2.45) is 5.84 Å². The molecule has 18 heavy (non-hydrogen) atoms. The molecule has 4 N–H and O–H groups in total. The summed E-state index contributed by atoms with van der Waals surface area (Å²) in [5.41, 5.74) is 2.92. The summed E-state index contributed by atoms with van der Waals surface area (Å²) in [5, 5.41) is 2.95. The Kier molecular flexibility index (Phi) is 3.63. The van der Waals surface area contributed by atoms with Crippen LogP contribution in [0.25, 0.3) is 0 Å². The molecule has 7 heteroatoms.